The van der Waals surface area contributed by atoms with Crippen molar-refractivity contribution in [2.24, 2.45) is 0 Å². The first-order valence-electron chi connectivity index (χ1n) is 9.87. The summed E-state index contributed by atoms with van der Waals surface area (Å²) in [5.41, 5.74) is 0.823. The molecule has 0 fully saturated rings. The maximum atomic E-state index is 14.3. The van der Waals surface area contributed by atoms with E-state index in [0.29, 0.717) is 23.2 Å². The van der Waals surface area contributed by atoms with Gasteiger partial charge in [0.05, 0.1) is 12.1 Å². The number of hydrogen-bond donors (Lipinski definition) is 1. The minimum Gasteiger partial charge on any atom is -0.307 e. The number of anilines is 1. The Balaban J connectivity index is 1.91. The standard InChI is InChI=1S/C24H20F4N2O/c25-18-8-6-16(7-9-18)12-13-24(17-4-2-1-3-5-17)20-14-19(26)10-11-21(20)29-23(31)30(24)15-22(27)28/h1-11,14,22H,12-13,15H2,(H,29,31). The van der Waals surface area contributed by atoms with E-state index in [4.69, 9.17) is 0 Å². The summed E-state index contributed by atoms with van der Waals surface area (Å²) in [6, 6.07) is 17.9. The van der Waals surface area contributed by atoms with Crippen LogP contribution in [0.4, 0.5) is 28.0 Å². The van der Waals surface area contributed by atoms with Crippen molar-refractivity contribution in [3.63, 3.8) is 0 Å². The van der Waals surface area contributed by atoms with Gasteiger partial charge in [-0.25, -0.2) is 22.4 Å². The molecule has 31 heavy (non-hydrogen) atoms. The van der Waals surface area contributed by atoms with Crippen molar-refractivity contribution in [3.05, 3.63) is 101 Å². The van der Waals surface area contributed by atoms with Gasteiger partial charge in [0.25, 0.3) is 6.43 Å². The lowest BCUT2D eigenvalue weighted by Gasteiger charge is -2.48. The quantitative estimate of drug-likeness (QED) is 0.483. The lowest BCUT2D eigenvalue weighted by atomic mass is 9.75. The number of rotatable bonds is 6. The number of carbonyl (C=O) groups is 1. The zero-order valence-corrected chi connectivity index (χ0v) is 16.5. The third-order valence-corrected chi connectivity index (χ3v) is 5.64. The molecule has 0 aliphatic carbocycles. The highest BCUT2D eigenvalue weighted by Gasteiger charge is 2.48. The molecule has 0 radical (unpaired) electrons. The number of aryl methyl sites for hydroxylation is 1. The number of benzene rings is 3. The number of urea groups is 1. The molecule has 1 heterocycles. The molecule has 0 saturated carbocycles. The van der Waals surface area contributed by atoms with E-state index in [1.54, 1.807) is 42.5 Å². The van der Waals surface area contributed by atoms with E-state index in [-0.39, 0.29) is 12.2 Å². The van der Waals surface area contributed by atoms with Gasteiger partial charge in [-0.2, -0.15) is 0 Å². The maximum Gasteiger partial charge on any atom is 0.323 e. The number of hydrogen-bond acceptors (Lipinski definition) is 1. The highest BCUT2D eigenvalue weighted by molar-refractivity contribution is 5.94. The molecule has 0 aromatic heterocycles. The van der Waals surface area contributed by atoms with Gasteiger partial charge in [0, 0.05) is 11.3 Å². The Morgan fingerprint density at radius 3 is 2.26 bits per heavy atom. The first-order valence-corrected chi connectivity index (χ1v) is 9.87. The molecule has 1 aliphatic rings. The monoisotopic (exact) mass is 428 g/mol. The summed E-state index contributed by atoms with van der Waals surface area (Å²) in [6.45, 7) is -0.819. The van der Waals surface area contributed by atoms with Crippen LogP contribution in [0, 0.1) is 11.6 Å². The van der Waals surface area contributed by atoms with Gasteiger partial charge in [-0.1, -0.05) is 42.5 Å². The summed E-state index contributed by atoms with van der Waals surface area (Å²) < 4.78 is 54.8. The second-order valence-electron chi connectivity index (χ2n) is 7.47. The highest BCUT2D eigenvalue weighted by Crippen LogP contribution is 2.47. The van der Waals surface area contributed by atoms with Crippen molar-refractivity contribution in [2.45, 2.75) is 24.8 Å². The Labute approximate surface area is 177 Å². The Kier molecular flexibility index (Phi) is 5.67. The van der Waals surface area contributed by atoms with Crippen LogP contribution >= 0.6 is 0 Å². The van der Waals surface area contributed by atoms with Crippen LogP contribution < -0.4 is 5.32 Å². The molecule has 1 N–H and O–H groups in total. The van der Waals surface area contributed by atoms with Gasteiger partial charge >= 0.3 is 6.03 Å². The van der Waals surface area contributed by atoms with Crippen LogP contribution in [0.3, 0.4) is 0 Å². The molecule has 1 aliphatic heterocycles. The molecule has 0 saturated heterocycles. The molecule has 3 aromatic rings. The first kappa shape index (κ1) is 20.9. The van der Waals surface area contributed by atoms with Crippen LogP contribution in [-0.2, 0) is 12.0 Å². The van der Waals surface area contributed by atoms with Crippen molar-refractivity contribution in [2.75, 3.05) is 11.9 Å². The lowest BCUT2D eigenvalue weighted by molar-refractivity contribution is 0.0556. The van der Waals surface area contributed by atoms with Gasteiger partial charge in [0.1, 0.15) is 11.6 Å². The summed E-state index contributed by atoms with van der Waals surface area (Å²) in [7, 11) is 0. The van der Waals surface area contributed by atoms with Gasteiger partial charge in [0.2, 0.25) is 0 Å². The van der Waals surface area contributed by atoms with Gasteiger partial charge in [0.15, 0.2) is 0 Å². The number of fused-ring (bicyclic) bond motifs is 1. The molecular weight excluding hydrogens is 408 g/mol. The normalized spacial score (nSPS) is 18.1. The van der Waals surface area contributed by atoms with Crippen LogP contribution in [0.25, 0.3) is 0 Å². The highest BCUT2D eigenvalue weighted by atomic mass is 19.3. The van der Waals surface area contributed by atoms with Crippen LogP contribution in [-0.4, -0.2) is 23.9 Å². The number of halogens is 4. The molecule has 2 amide bonds. The van der Waals surface area contributed by atoms with E-state index in [1.807, 2.05) is 0 Å². The van der Waals surface area contributed by atoms with Crippen molar-refractivity contribution in [3.8, 4) is 0 Å². The number of alkyl halides is 2. The summed E-state index contributed by atoms with van der Waals surface area (Å²) in [6.07, 6.45) is -2.22. The maximum absolute atomic E-state index is 14.3. The van der Waals surface area contributed by atoms with Crippen molar-refractivity contribution in [1.29, 1.82) is 0 Å². The molecule has 1 unspecified atom stereocenters. The Morgan fingerprint density at radius 2 is 1.58 bits per heavy atom. The van der Waals surface area contributed by atoms with Crippen LogP contribution in [0.1, 0.15) is 23.1 Å². The predicted molar refractivity (Wildman–Crippen MR) is 110 cm³/mol. The van der Waals surface area contributed by atoms with Gasteiger partial charge in [-0.15, -0.1) is 0 Å². The van der Waals surface area contributed by atoms with Crippen molar-refractivity contribution >= 4 is 11.7 Å². The average Bonchev–Trinajstić information content (AvgIpc) is 2.76. The lowest BCUT2D eigenvalue weighted by Crippen LogP contribution is -2.57. The molecular formula is C24H20F4N2O. The Bertz CT molecular complexity index is 1070. The van der Waals surface area contributed by atoms with Crippen LogP contribution in [0.5, 0.6) is 0 Å². The third kappa shape index (κ3) is 4.00. The number of carbonyl (C=O) groups excluding carboxylic acids is 1. The van der Waals surface area contributed by atoms with E-state index in [9.17, 15) is 22.4 Å². The van der Waals surface area contributed by atoms with E-state index in [0.717, 1.165) is 10.5 Å². The predicted octanol–water partition coefficient (Wildman–Crippen LogP) is 5.95. The van der Waals surface area contributed by atoms with Crippen LogP contribution in [0.15, 0.2) is 72.8 Å². The first-order chi connectivity index (χ1) is 14.9. The average molecular weight is 428 g/mol. The van der Waals surface area contributed by atoms with Gasteiger partial charge < -0.3 is 10.2 Å². The zero-order chi connectivity index (χ0) is 22.0. The molecule has 3 aromatic carbocycles. The van der Waals surface area contributed by atoms with E-state index in [2.05, 4.69) is 5.32 Å². The minimum atomic E-state index is -2.78. The smallest absolute Gasteiger partial charge is 0.307 e. The molecule has 1 atom stereocenters. The number of nitrogens with one attached hydrogen (secondary N) is 1. The van der Waals surface area contributed by atoms with Gasteiger partial charge in [-0.05, 0) is 54.3 Å². The topological polar surface area (TPSA) is 32.3 Å². The van der Waals surface area contributed by atoms with Crippen LogP contribution in [0.2, 0.25) is 0 Å². The molecule has 0 spiro atoms. The second-order valence-corrected chi connectivity index (χ2v) is 7.47. The summed E-state index contributed by atoms with van der Waals surface area (Å²) in [5, 5.41) is 2.61. The SMILES string of the molecule is O=C1Nc2ccc(F)cc2C(CCc2ccc(F)cc2)(c2ccccc2)N1CC(F)F. The Morgan fingerprint density at radius 1 is 0.903 bits per heavy atom. The molecule has 0 bridgehead atoms. The summed E-state index contributed by atoms with van der Waals surface area (Å²) in [5.74, 6) is -0.917. The van der Waals surface area contributed by atoms with Gasteiger partial charge in [-0.3, -0.25) is 0 Å². The number of nitrogens with zero attached hydrogens (tertiary/aromatic N) is 1. The fourth-order valence-corrected chi connectivity index (χ4v) is 4.26. The minimum absolute atomic E-state index is 0.208. The molecule has 160 valence electrons. The van der Waals surface area contributed by atoms with Crippen molar-refractivity contribution in [1.82, 2.24) is 4.90 Å². The van der Waals surface area contributed by atoms with Crippen molar-refractivity contribution < 1.29 is 22.4 Å². The number of amides is 2. The van der Waals surface area contributed by atoms with E-state index in [1.165, 1.54) is 30.3 Å². The largest absolute Gasteiger partial charge is 0.323 e. The molecule has 4 rings (SSSR count). The molecule has 7 heteroatoms. The van der Waals surface area contributed by atoms with E-state index >= 15 is 0 Å². The Hall–Kier alpha value is -3.35. The van der Waals surface area contributed by atoms with E-state index < -0.39 is 30.4 Å². The zero-order valence-electron chi connectivity index (χ0n) is 16.5. The fraction of sp³-hybridized carbons (Fsp3) is 0.208. The summed E-state index contributed by atoms with van der Waals surface area (Å²) in [4.78, 5) is 14.0. The fourth-order valence-electron chi connectivity index (χ4n) is 4.26. The summed E-state index contributed by atoms with van der Waals surface area (Å²) >= 11 is 0. The third-order valence-electron chi connectivity index (χ3n) is 5.64. The second kappa shape index (κ2) is 8.41. The molecule has 3 nitrogen and oxygen atoms in total.